The van der Waals surface area contributed by atoms with E-state index < -0.39 is 0 Å². The Labute approximate surface area is 105 Å². The van der Waals surface area contributed by atoms with Crippen LogP contribution in [0.15, 0.2) is 0 Å². The van der Waals surface area contributed by atoms with E-state index in [0.29, 0.717) is 18.4 Å². The van der Waals surface area contributed by atoms with Crippen LogP contribution >= 0.6 is 0 Å². The molecule has 1 rings (SSSR count). The molecule has 0 aliphatic carbocycles. The van der Waals surface area contributed by atoms with Gasteiger partial charge >= 0.3 is 0 Å². The third kappa shape index (κ3) is 3.96. The molecule has 4 nitrogen and oxygen atoms in total. The molecule has 0 radical (unpaired) electrons. The standard InChI is InChI=1S/C13H27N3O/c1-4-11-9-16(7-6-12(11)8-14)10-13(17)15(3)5-2/h11-12H,4-10,14H2,1-3H3. The molecule has 0 aromatic rings. The van der Waals surface area contributed by atoms with E-state index in [1.165, 1.54) is 0 Å². The summed E-state index contributed by atoms with van der Waals surface area (Å²) in [6.45, 7) is 8.41. The van der Waals surface area contributed by atoms with E-state index in [1.54, 1.807) is 4.90 Å². The molecule has 0 bridgehead atoms. The van der Waals surface area contributed by atoms with Crippen molar-refractivity contribution in [3.05, 3.63) is 0 Å². The number of nitrogens with zero attached hydrogens (tertiary/aromatic N) is 2. The van der Waals surface area contributed by atoms with Crippen LogP contribution in [-0.4, -0.2) is 55.5 Å². The van der Waals surface area contributed by atoms with Crippen molar-refractivity contribution in [2.75, 3.05) is 39.8 Å². The van der Waals surface area contributed by atoms with Gasteiger partial charge in [-0.15, -0.1) is 0 Å². The zero-order chi connectivity index (χ0) is 12.8. The van der Waals surface area contributed by atoms with Crippen LogP contribution in [0.25, 0.3) is 0 Å². The van der Waals surface area contributed by atoms with Gasteiger partial charge in [-0.1, -0.05) is 13.3 Å². The summed E-state index contributed by atoms with van der Waals surface area (Å²) in [5.74, 6) is 1.54. The van der Waals surface area contributed by atoms with Crippen LogP contribution in [0.5, 0.6) is 0 Å². The van der Waals surface area contributed by atoms with Gasteiger partial charge in [0.05, 0.1) is 6.54 Å². The number of piperidine rings is 1. The van der Waals surface area contributed by atoms with Crippen LogP contribution < -0.4 is 5.73 Å². The van der Waals surface area contributed by atoms with Gasteiger partial charge in [-0.3, -0.25) is 9.69 Å². The van der Waals surface area contributed by atoms with E-state index in [0.717, 1.165) is 39.0 Å². The van der Waals surface area contributed by atoms with Crippen molar-refractivity contribution in [2.24, 2.45) is 17.6 Å². The number of carbonyl (C=O) groups excluding carboxylic acids is 1. The van der Waals surface area contributed by atoms with Crippen molar-refractivity contribution >= 4 is 5.91 Å². The van der Waals surface area contributed by atoms with Crippen LogP contribution in [0.1, 0.15) is 26.7 Å². The molecule has 2 atom stereocenters. The fourth-order valence-electron chi connectivity index (χ4n) is 2.56. The molecule has 0 aromatic heterocycles. The quantitative estimate of drug-likeness (QED) is 0.773. The molecule has 4 heteroatoms. The first-order valence-corrected chi connectivity index (χ1v) is 6.78. The summed E-state index contributed by atoms with van der Waals surface area (Å²) in [5.41, 5.74) is 5.79. The van der Waals surface area contributed by atoms with Crippen molar-refractivity contribution in [1.82, 2.24) is 9.80 Å². The van der Waals surface area contributed by atoms with Crippen molar-refractivity contribution in [3.63, 3.8) is 0 Å². The minimum atomic E-state index is 0.230. The van der Waals surface area contributed by atoms with E-state index in [1.807, 2.05) is 14.0 Å². The number of amides is 1. The fraction of sp³-hybridized carbons (Fsp3) is 0.923. The maximum atomic E-state index is 11.8. The number of rotatable bonds is 5. The van der Waals surface area contributed by atoms with Crippen molar-refractivity contribution < 1.29 is 4.79 Å². The summed E-state index contributed by atoms with van der Waals surface area (Å²) in [6, 6.07) is 0. The Morgan fingerprint density at radius 1 is 1.41 bits per heavy atom. The zero-order valence-electron chi connectivity index (χ0n) is 11.5. The molecule has 1 aliphatic rings. The zero-order valence-corrected chi connectivity index (χ0v) is 11.5. The fourth-order valence-corrected chi connectivity index (χ4v) is 2.56. The maximum Gasteiger partial charge on any atom is 0.236 e. The lowest BCUT2D eigenvalue weighted by Gasteiger charge is -2.38. The first-order valence-electron chi connectivity index (χ1n) is 6.78. The number of hydrogen-bond donors (Lipinski definition) is 1. The Bertz CT molecular complexity index is 245. The molecule has 2 unspecified atom stereocenters. The molecule has 0 aromatic carbocycles. The largest absolute Gasteiger partial charge is 0.345 e. The predicted octanol–water partition coefficient (Wildman–Crippen LogP) is 0.772. The lowest BCUT2D eigenvalue weighted by atomic mass is 9.84. The van der Waals surface area contributed by atoms with Gasteiger partial charge in [0.15, 0.2) is 0 Å². The van der Waals surface area contributed by atoms with E-state index in [2.05, 4.69) is 11.8 Å². The van der Waals surface area contributed by atoms with Gasteiger partial charge in [0.1, 0.15) is 0 Å². The summed E-state index contributed by atoms with van der Waals surface area (Å²) in [7, 11) is 1.87. The minimum Gasteiger partial charge on any atom is -0.345 e. The summed E-state index contributed by atoms with van der Waals surface area (Å²) >= 11 is 0. The molecule has 100 valence electrons. The first-order chi connectivity index (χ1) is 8.12. The van der Waals surface area contributed by atoms with Gasteiger partial charge in [-0.05, 0) is 38.3 Å². The number of likely N-dealkylation sites (N-methyl/N-ethyl adjacent to an activating group) is 1. The summed E-state index contributed by atoms with van der Waals surface area (Å²) in [5, 5.41) is 0. The summed E-state index contributed by atoms with van der Waals surface area (Å²) in [6.07, 6.45) is 2.30. The smallest absolute Gasteiger partial charge is 0.236 e. The van der Waals surface area contributed by atoms with Crippen LogP contribution in [0.3, 0.4) is 0 Å². The highest BCUT2D eigenvalue weighted by Gasteiger charge is 2.28. The van der Waals surface area contributed by atoms with Crippen LogP contribution in [0, 0.1) is 11.8 Å². The third-order valence-corrected chi connectivity index (χ3v) is 4.06. The predicted molar refractivity (Wildman–Crippen MR) is 70.7 cm³/mol. The Hall–Kier alpha value is -0.610. The van der Waals surface area contributed by atoms with E-state index in [4.69, 9.17) is 5.73 Å². The molecule has 1 heterocycles. The SMILES string of the molecule is CCC1CN(CC(=O)N(C)CC)CCC1CN. The average molecular weight is 241 g/mol. The van der Waals surface area contributed by atoms with Crippen molar-refractivity contribution in [2.45, 2.75) is 26.7 Å². The Balaban J connectivity index is 2.44. The van der Waals surface area contributed by atoms with Crippen LogP contribution in [0.4, 0.5) is 0 Å². The van der Waals surface area contributed by atoms with Gasteiger partial charge in [-0.2, -0.15) is 0 Å². The minimum absolute atomic E-state index is 0.230. The Morgan fingerprint density at radius 2 is 2.12 bits per heavy atom. The molecular weight excluding hydrogens is 214 g/mol. The van der Waals surface area contributed by atoms with E-state index in [-0.39, 0.29) is 5.91 Å². The second kappa shape index (κ2) is 6.97. The molecule has 1 aliphatic heterocycles. The maximum absolute atomic E-state index is 11.8. The highest BCUT2D eigenvalue weighted by molar-refractivity contribution is 5.77. The van der Waals surface area contributed by atoms with Gasteiger partial charge in [0, 0.05) is 20.1 Å². The average Bonchev–Trinajstić information content (AvgIpc) is 2.37. The van der Waals surface area contributed by atoms with Gasteiger partial charge in [0.25, 0.3) is 0 Å². The molecule has 1 fully saturated rings. The highest BCUT2D eigenvalue weighted by Crippen LogP contribution is 2.25. The van der Waals surface area contributed by atoms with E-state index >= 15 is 0 Å². The van der Waals surface area contributed by atoms with Crippen molar-refractivity contribution in [3.8, 4) is 0 Å². The lowest BCUT2D eigenvalue weighted by Crippen LogP contribution is -2.46. The molecule has 0 saturated carbocycles. The van der Waals surface area contributed by atoms with Gasteiger partial charge in [-0.25, -0.2) is 0 Å². The lowest BCUT2D eigenvalue weighted by molar-refractivity contribution is -0.131. The normalized spacial score (nSPS) is 25.9. The monoisotopic (exact) mass is 241 g/mol. The summed E-state index contributed by atoms with van der Waals surface area (Å²) in [4.78, 5) is 15.9. The number of hydrogen-bond acceptors (Lipinski definition) is 3. The molecule has 2 N–H and O–H groups in total. The topological polar surface area (TPSA) is 49.6 Å². The summed E-state index contributed by atoms with van der Waals surface area (Å²) < 4.78 is 0. The second-order valence-electron chi connectivity index (χ2n) is 5.10. The first kappa shape index (κ1) is 14.5. The molecule has 1 amide bonds. The number of nitrogens with two attached hydrogens (primary N) is 1. The Kier molecular flexibility index (Phi) is 5.92. The van der Waals surface area contributed by atoms with E-state index in [9.17, 15) is 4.79 Å². The molecule has 0 spiro atoms. The van der Waals surface area contributed by atoms with Crippen LogP contribution in [-0.2, 0) is 4.79 Å². The molecule has 1 saturated heterocycles. The number of carbonyl (C=O) groups is 1. The van der Waals surface area contributed by atoms with Gasteiger partial charge < -0.3 is 10.6 Å². The van der Waals surface area contributed by atoms with Crippen molar-refractivity contribution in [1.29, 1.82) is 0 Å². The van der Waals surface area contributed by atoms with Gasteiger partial charge in [0.2, 0.25) is 5.91 Å². The second-order valence-corrected chi connectivity index (χ2v) is 5.10. The number of likely N-dealkylation sites (tertiary alicyclic amines) is 1. The molecular formula is C13H27N3O. The highest BCUT2D eigenvalue weighted by atomic mass is 16.2. The third-order valence-electron chi connectivity index (χ3n) is 4.06. The Morgan fingerprint density at radius 3 is 2.65 bits per heavy atom. The van der Waals surface area contributed by atoms with Crippen LogP contribution in [0.2, 0.25) is 0 Å². The molecule has 17 heavy (non-hydrogen) atoms.